The summed E-state index contributed by atoms with van der Waals surface area (Å²) >= 11 is 0. The van der Waals surface area contributed by atoms with Gasteiger partial charge in [-0.1, -0.05) is 12.1 Å². The summed E-state index contributed by atoms with van der Waals surface area (Å²) in [5, 5.41) is 3.23. The van der Waals surface area contributed by atoms with Crippen molar-refractivity contribution in [1.29, 1.82) is 0 Å². The maximum absolute atomic E-state index is 13.0. The van der Waals surface area contributed by atoms with Crippen molar-refractivity contribution in [2.75, 3.05) is 46.9 Å². The molecule has 2 aliphatic heterocycles. The van der Waals surface area contributed by atoms with Crippen molar-refractivity contribution in [3.05, 3.63) is 35.6 Å². The first-order chi connectivity index (χ1) is 12.5. The quantitative estimate of drug-likeness (QED) is 0.833. The van der Waals surface area contributed by atoms with Crippen LogP contribution in [-0.2, 0) is 16.0 Å². The summed E-state index contributed by atoms with van der Waals surface area (Å²) in [6, 6.07) is 6.88. The van der Waals surface area contributed by atoms with Crippen LogP contribution in [-0.4, -0.2) is 74.7 Å². The van der Waals surface area contributed by atoms with Crippen LogP contribution in [0.4, 0.5) is 4.39 Å². The van der Waals surface area contributed by atoms with Gasteiger partial charge in [-0.05, 0) is 44.6 Å². The molecule has 144 valence electrons. The number of carbonyl (C=O) groups excluding carboxylic acids is 1. The molecular formula is C20H30FN3O2. The molecule has 0 unspecified atom stereocenters. The summed E-state index contributed by atoms with van der Waals surface area (Å²) in [7, 11) is 4.16. The Morgan fingerprint density at radius 3 is 2.58 bits per heavy atom. The van der Waals surface area contributed by atoms with Crippen molar-refractivity contribution >= 4 is 5.91 Å². The van der Waals surface area contributed by atoms with Gasteiger partial charge in [-0.15, -0.1) is 0 Å². The molecule has 1 amide bonds. The van der Waals surface area contributed by atoms with Gasteiger partial charge in [0, 0.05) is 50.8 Å². The van der Waals surface area contributed by atoms with Gasteiger partial charge in [0.25, 0.3) is 0 Å². The summed E-state index contributed by atoms with van der Waals surface area (Å²) < 4.78 is 18.5. The van der Waals surface area contributed by atoms with E-state index in [1.54, 1.807) is 12.1 Å². The number of carbonyl (C=O) groups is 1. The normalized spacial score (nSPS) is 24.9. The van der Waals surface area contributed by atoms with Gasteiger partial charge >= 0.3 is 0 Å². The molecule has 0 aromatic heterocycles. The van der Waals surface area contributed by atoms with Crippen LogP contribution < -0.4 is 5.32 Å². The fourth-order valence-electron chi connectivity index (χ4n) is 4.12. The Hall–Kier alpha value is -1.50. The Bertz CT molecular complexity index is 587. The lowest BCUT2D eigenvalue weighted by molar-refractivity contribution is -0.121. The number of hydrogen-bond acceptors (Lipinski definition) is 4. The minimum atomic E-state index is -0.275. The molecule has 2 atom stereocenters. The molecule has 6 heteroatoms. The SMILES string of the molecule is CN(C)C[C@@H]1CN(C2CCOCC2)C[C@H]1NC(=O)Cc1ccc(F)cc1. The van der Waals surface area contributed by atoms with E-state index in [-0.39, 0.29) is 17.8 Å². The molecule has 1 aromatic carbocycles. The van der Waals surface area contributed by atoms with Gasteiger partial charge in [-0.3, -0.25) is 9.69 Å². The van der Waals surface area contributed by atoms with E-state index >= 15 is 0 Å². The smallest absolute Gasteiger partial charge is 0.224 e. The molecule has 2 saturated heterocycles. The molecule has 0 bridgehead atoms. The summed E-state index contributed by atoms with van der Waals surface area (Å²) in [5.74, 6) is 0.160. The van der Waals surface area contributed by atoms with Crippen molar-refractivity contribution in [2.45, 2.75) is 31.3 Å². The molecule has 3 rings (SSSR count). The van der Waals surface area contributed by atoms with Crippen molar-refractivity contribution in [1.82, 2.24) is 15.1 Å². The predicted molar refractivity (Wildman–Crippen MR) is 99.5 cm³/mol. The highest BCUT2D eigenvalue weighted by Gasteiger charge is 2.37. The Morgan fingerprint density at radius 2 is 1.92 bits per heavy atom. The second kappa shape index (κ2) is 8.93. The number of nitrogens with zero attached hydrogens (tertiary/aromatic N) is 2. The van der Waals surface area contributed by atoms with Gasteiger partial charge in [0.05, 0.1) is 6.42 Å². The van der Waals surface area contributed by atoms with E-state index in [1.807, 2.05) is 0 Å². The molecule has 5 nitrogen and oxygen atoms in total. The average Bonchev–Trinajstić information content (AvgIpc) is 2.99. The van der Waals surface area contributed by atoms with Crippen molar-refractivity contribution in [3.8, 4) is 0 Å². The number of amides is 1. The van der Waals surface area contributed by atoms with Crippen LogP contribution >= 0.6 is 0 Å². The van der Waals surface area contributed by atoms with Crippen molar-refractivity contribution in [3.63, 3.8) is 0 Å². The number of hydrogen-bond donors (Lipinski definition) is 1. The third kappa shape index (κ3) is 5.25. The second-order valence-electron chi connectivity index (χ2n) is 7.80. The van der Waals surface area contributed by atoms with Crippen LogP contribution in [0.15, 0.2) is 24.3 Å². The topological polar surface area (TPSA) is 44.8 Å². The first-order valence-corrected chi connectivity index (χ1v) is 9.51. The largest absolute Gasteiger partial charge is 0.381 e. The Kier molecular flexibility index (Phi) is 6.62. The van der Waals surface area contributed by atoms with Crippen LogP contribution in [0.25, 0.3) is 0 Å². The van der Waals surface area contributed by atoms with Crippen LogP contribution in [0.3, 0.4) is 0 Å². The fourth-order valence-corrected chi connectivity index (χ4v) is 4.12. The Morgan fingerprint density at radius 1 is 1.23 bits per heavy atom. The first-order valence-electron chi connectivity index (χ1n) is 9.51. The monoisotopic (exact) mass is 363 g/mol. The van der Waals surface area contributed by atoms with Gasteiger partial charge in [0.15, 0.2) is 0 Å². The van der Waals surface area contributed by atoms with E-state index in [2.05, 4.69) is 29.2 Å². The molecule has 0 saturated carbocycles. The standard InChI is InChI=1S/C20H30FN3O2/c1-23(2)12-16-13-24(18-7-9-26-10-8-18)14-19(16)22-20(25)11-15-3-5-17(21)6-4-15/h3-6,16,18-19H,7-14H2,1-2H3,(H,22,25)/t16-,19-/m1/s1. The average molecular weight is 363 g/mol. The summed E-state index contributed by atoms with van der Waals surface area (Å²) in [6.45, 7) is 4.55. The lowest BCUT2D eigenvalue weighted by Crippen LogP contribution is -2.44. The van der Waals surface area contributed by atoms with Crippen LogP contribution in [0, 0.1) is 11.7 Å². The summed E-state index contributed by atoms with van der Waals surface area (Å²) in [6.07, 6.45) is 2.44. The highest BCUT2D eigenvalue weighted by atomic mass is 19.1. The molecule has 2 aliphatic rings. The maximum Gasteiger partial charge on any atom is 0.224 e. The van der Waals surface area contributed by atoms with Gasteiger partial charge < -0.3 is 15.0 Å². The van der Waals surface area contributed by atoms with Crippen molar-refractivity contribution in [2.24, 2.45) is 5.92 Å². The molecule has 26 heavy (non-hydrogen) atoms. The zero-order valence-electron chi connectivity index (χ0n) is 15.8. The van der Waals surface area contributed by atoms with E-state index in [0.717, 1.165) is 51.3 Å². The number of likely N-dealkylation sites (tertiary alicyclic amines) is 1. The third-order valence-corrected chi connectivity index (χ3v) is 5.40. The lowest BCUT2D eigenvalue weighted by Gasteiger charge is -2.31. The van der Waals surface area contributed by atoms with E-state index in [1.165, 1.54) is 12.1 Å². The molecular weight excluding hydrogens is 333 g/mol. The molecule has 1 N–H and O–H groups in total. The predicted octanol–water partition coefficient (Wildman–Crippen LogP) is 1.53. The number of nitrogens with one attached hydrogen (secondary N) is 1. The van der Waals surface area contributed by atoms with Crippen LogP contribution in [0.1, 0.15) is 18.4 Å². The minimum absolute atomic E-state index is 0.0131. The molecule has 1 aromatic rings. The highest BCUT2D eigenvalue weighted by molar-refractivity contribution is 5.79. The van der Waals surface area contributed by atoms with E-state index in [4.69, 9.17) is 4.74 Å². The lowest BCUT2D eigenvalue weighted by atomic mass is 10.0. The number of rotatable bonds is 6. The summed E-state index contributed by atoms with van der Waals surface area (Å²) in [4.78, 5) is 17.2. The van der Waals surface area contributed by atoms with Crippen LogP contribution in [0.5, 0.6) is 0 Å². The molecule has 2 fully saturated rings. The molecule has 0 aliphatic carbocycles. The zero-order chi connectivity index (χ0) is 18.5. The Labute approximate surface area is 155 Å². The maximum atomic E-state index is 13.0. The van der Waals surface area contributed by atoms with E-state index < -0.39 is 0 Å². The minimum Gasteiger partial charge on any atom is -0.381 e. The van der Waals surface area contributed by atoms with Crippen LogP contribution in [0.2, 0.25) is 0 Å². The fraction of sp³-hybridized carbons (Fsp3) is 0.650. The third-order valence-electron chi connectivity index (χ3n) is 5.40. The molecule has 0 spiro atoms. The first kappa shape index (κ1) is 19.3. The zero-order valence-corrected chi connectivity index (χ0v) is 15.8. The van der Waals surface area contributed by atoms with Gasteiger partial charge in [-0.2, -0.15) is 0 Å². The van der Waals surface area contributed by atoms with Gasteiger partial charge in [0.2, 0.25) is 5.91 Å². The Balaban J connectivity index is 1.59. The number of benzene rings is 1. The van der Waals surface area contributed by atoms with Gasteiger partial charge in [-0.25, -0.2) is 4.39 Å². The van der Waals surface area contributed by atoms with Crippen molar-refractivity contribution < 1.29 is 13.9 Å². The molecule has 2 heterocycles. The highest BCUT2D eigenvalue weighted by Crippen LogP contribution is 2.24. The number of ether oxygens (including phenoxy) is 1. The summed E-state index contributed by atoms with van der Waals surface area (Å²) in [5.41, 5.74) is 0.840. The van der Waals surface area contributed by atoms with E-state index in [9.17, 15) is 9.18 Å². The van der Waals surface area contributed by atoms with Gasteiger partial charge in [0.1, 0.15) is 5.82 Å². The van der Waals surface area contributed by atoms with E-state index in [0.29, 0.717) is 18.4 Å². The second-order valence-corrected chi connectivity index (χ2v) is 7.80. The molecule has 0 radical (unpaired) electrons. The number of halogens is 1.